The summed E-state index contributed by atoms with van der Waals surface area (Å²) in [7, 11) is 0. The summed E-state index contributed by atoms with van der Waals surface area (Å²) in [6.07, 6.45) is 0.600. The predicted molar refractivity (Wildman–Crippen MR) is 46.7 cm³/mol. The van der Waals surface area contributed by atoms with Crippen molar-refractivity contribution in [2.75, 3.05) is 6.61 Å². The second kappa shape index (κ2) is 4.45. The molecule has 1 N–H and O–H groups in total. The first-order valence-corrected chi connectivity index (χ1v) is 4.32. The number of carbonyl (C=O) groups is 1. The molecule has 72 valence electrons. The van der Waals surface area contributed by atoms with Crippen molar-refractivity contribution in [3.63, 3.8) is 0 Å². The van der Waals surface area contributed by atoms with Crippen molar-refractivity contribution in [1.82, 2.24) is 0 Å². The van der Waals surface area contributed by atoms with Gasteiger partial charge in [0.1, 0.15) is 0 Å². The van der Waals surface area contributed by atoms with Gasteiger partial charge < -0.3 is 9.84 Å². The molecule has 1 unspecified atom stereocenters. The van der Waals surface area contributed by atoms with E-state index in [0.717, 1.165) is 0 Å². The summed E-state index contributed by atoms with van der Waals surface area (Å²) in [5.74, 6) is -0.732. The molecule has 0 aromatic heterocycles. The summed E-state index contributed by atoms with van der Waals surface area (Å²) in [5, 5.41) is 9.57. The molecule has 3 heteroatoms. The minimum Gasteiger partial charge on any atom is -0.466 e. The number of esters is 1. The summed E-state index contributed by atoms with van der Waals surface area (Å²) in [6.45, 7) is 7.23. The zero-order chi connectivity index (χ0) is 9.78. The maximum Gasteiger partial charge on any atom is 0.311 e. The topological polar surface area (TPSA) is 46.5 Å². The summed E-state index contributed by atoms with van der Waals surface area (Å²) in [6, 6.07) is 0. The molecule has 0 amide bonds. The summed E-state index contributed by atoms with van der Waals surface area (Å²) >= 11 is 0. The molecule has 0 fully saturated rings. The lowest BCUT2D eigenvalue weighted by Crippen LogP contribution is -2.37. The van der Waals surface area contributed by atoms with Gasteiger partial charge in [0.25, 0.3) is 0 Å². The van der Waals surface area contributed by atoms with Crippen LogP contribution in [-0.2, 0) is 9.53 Å². The molecule has 0 rings (SSSR count). The van der Waals surface area contributed by atoms with Crippen LogP contribution in [0.15, 0.2) is 0 Å². The third-order valence-corrected chi connectivity index (χ3v) is 1.83. The van der Waals surface area contributed by atoms with E-state index in [0.29, 0.717) is 13.0 Å². The molecule has 0 spiro atoms. The Kier molecular flexibility index (Phi) is 4.24. The van der Waals surface area contributed by atoms with Crippen molar-refractivity contribution in [3.8, 4) is 0 Å². The number of aliphatic hydroxyl groups is 1. The minimum atomic E-state index is -0.985. The van der Waals surface area contributed by atoms with Crippen molar-refractivity contribution < 1.29 is 14.6 Å². The summed E-state index contributed by atoms with van der Waals surface area (Å²) < 4.78 is 4.82. The molecule has 0 aromatic rings. The Bertz CT molecular complexity index is 146. The fourth-order valence-corrected chi connectivity index (χ4v) is 1.20. The first kappa shape index (κ1) is 11.4. The highest BCUT2D eigenvalue weighted by Crippen LogP contribution is 2.21. The molecule has 0 aromatic carbocycles. The van der Waals surface area contributed by atoms with Crippen molar-refractivity contribution in [2.24, 2.45) is 5.92 Å². The Morgan fingerprint density at radius 1 is 1.50 bits per heavy atom. The van der Waals surface area contributed by atoms with Crippen LogP contribution in [0.3, 0.4) is 0 Å². The fourth-order valence-electron chi connectivity index (χ4n) is 1.20. The van der Waals surface area contributed by atoms with Crippen molar-refractivity contribution in [2.45, 2.75) is 39.7 Å². The third kappa shape index (κ3) is 3.22. The van der Waals surface area contributed by atoms with E-state index in [1.165, 1.54) is 0 Å². The van der Waals surface area contributed by atoms with Crippen LogP contribution in [0.2, 0.25) is 0 Å². The molecule has 0 saturated carbocycles. The van der Waals surface area contributed by atoms with E-state index >= 15 is 0 Å². The van der Waals surface area contributed by atoms with Gasteiger partial charge in [0.2, 0.25) is 0 Å². The Morgan fingerprint density at radius 3 is 2.25 bits per heavy atom. The zero-order valence-corrected chi connectivity index (χ0v) is 8.26. The lowest BCUT2D eigenvalue weighted by atomic mass is 9.89. The van der Waals surface area contributed by atoms with Gasteiger partial charge in [-0.3, -0.25) is 4.79 Å². The van der Waals surface area contributed by atoms with Gasteiger partial charge in [-0.05, 0) is 27.2 Å². The van der Waals surface area contributed by atoms with E-state index in [4.69, 9.17) is 4.74 Å². The van der Waals surface area contributed by atoms with Gasteiger partial charge in [0.15, 0.2) is 0 Å². The third-order valence-electron chi connectivity index (χ3n) is 1.83. The largest absolute Gasteiger partial charge is 0.466 e. The molecule has 1 atom stereocenters. The SMILES string of the molecule is CCOC(=O)C(CC)C(C)(C)O. The highest BCUT2D eigenvalue weighted by Gasteiger charge is 2.32. The van der Waals surface area contributed by atoms with Crippen LogP contribution in [0.5, 0.6) is 0 Å². The minimum absolute atomic E-state index is 0.312. The van der Waals surface area contributed by atoms with Crippen LogP contribution in [0.1, 0.15) is 34.1 Å². The summed E-state index contributed by atoms with van der Waals surface area (Å²) in [4.78, 5) is 11.2. The van der Waals surface area contributed by atoms with Crippen molar-refractivity contribution in [1.29, 1.82) is 0 Å². The number of rotatable bonds is 4. The fraction of sp³-hybridized carbons (Fsp3) is 0.889. The Hall–Kier alpha value is -0.570. The molecule has 0 radical (unpaired) electrons. The van der Waals surface area contributed by atoms with Gasteiger partial charge in [-0.15, -0.1) is 0 Å². The van der Waals surface area contributed by atoms with Gasteiger partial charge in [-0.1, -0.05) is 6.92 Å². The van der Waals surface area contributed by atoms with E-state index < -0.39 is 11.5 Å². The Morgan fingerprint density at radius 2 is 2.00 bits per heavy atom. The van der Waals surface area contributed by atoms with E-state index in [2.05, 4.69) is 0 Å². The lowest BCUT2D eigenvalue weighted by molar-refractivity contribution is -0.156. The van der Waals surface area contributed by atoms with Gasteiger partial charge >= 0.3 is 5.97 Å². The highest BCUT2D eigenvalue weighted by molar-refractivity contribution is 5.73. The normalized spacial score (nSPS) is 14.1. The average molecular weight is 174 g/mol. The van der Waals surface area contributed by atoms with Crippen molar-refractivity contribution in [3.05, 3.63) is 0 Å². The van der Waals surface area contributed by atoms with Crippen LogP contribution in [0.4, 0.5) is 0 Å². The van der Waals surface area contributed by atoms with E-state index in [1.807, 2.05) is 6.92 Å². The molecule has 0 aliphatic carbocycles. The molecular formula is C9H18O3. The van der Waals surface area contributed by atoms with Gasteiger partial charge in [0.05, 0.1) is 18.1 Å². The number of ether oxygens (including phenoxy) is 1. The molecular weight excluding hydrogens is 156 g/mol. The monoisotopic (exact) mass is 174 g/mol. The van der Waals surface area contributed by atoms with Crippen LogP contribution in [0, 0.1) is 5.92 Å². The van der Waals surface area contributed by atoms with Gasteiger partial charge in [-0.25, -0.2) is 0 Å². The number of carbonyl (C=O) groups excluding carboxylic acids is 1. The highest BCUT2D eigenvalue weighted by atomic mass is 16.5. The number of hydrogen-bond donors (Lipinski definition) is 1. The quantitative estimate of drug-likeness (QED) is 0.654. The molecule has 3 nitrogen and oxygen atoms in total. The first-order valence-electron chi connectivity index (χ1n) is 4.32. The molecule has 0 aliphatic heterocycles. The maximum atomic E-state index is 11.2. The molecule has 0 heterocycles. The van der Waals surface area contributed by atoms with Crippen LogP contribution >= 0.6 is 0 Å². The second-order valence-electron chi connectivity index (χ2n) is 3.37. The lowest BCUT2D eigenvalue weighted by Gasteiger charge is -2.26. The first-order chi connectivity index (χ1) is 5.43. The van der Waals surface area contributed by atoms with Gasteiger partial charge in [-0.2, -0.15) is 0 Å². The second-order valence-corrected chi connectivity index (χ2v) is 3.37. The Labute approximate surface area is 73.7 Å². The molecule has 0 saturated heterocycles. The standard InChI is InChI=1S/C9H18O3/c1-5-7(9(3,4)11)8(10)12-6-2/h7,11H,5-6H2,1-4H3. The molecule has 0 aliphatic rings. The van der Waals surface area contributed by atoms with Crippen LogP contribution in [-0.4, -0.2) is 23.3 Å². The predicted octanol–water partition coefficient (Wildman–Crippen LogP) is 1.35. The maximum absolute atomic E-state index is 11.2. The number of hydrogen-bond acceptors (Lipinski definition) is 3. The van der Waals surface area contributed by atoms with E-state index in [1.54, 1.807) is 20.8 Å². The molecule has 0 bridgehead atoms. The smallest absolute Gasteiger partial charge is 0.311 e. The Balaban J connectivity index is 4.25. The zero-order valence-electron chi connectivity index (χ0n) is 8.26. The van der Waals surface area contributed by atoms with Crippen molar-refractivity contribution >= 4 is 5.97 Å². The van der Waals surface area contributed by atoms with Crippen LogP contribution < -0.4 is 0 Å². The van der Waals surface area contributed by atoms with E-state index in [-0.39, 0.29) is 5.97 Å². The van der Waals surface area contributed by atoms with Gasteiger partial charge in [0, 0.05) is 0 Å². The average Bonchev–Trinajstić information content (AvgIpc) is 1.85. The molecule has 12 heavy (non-hydrogen) atoms. The van der Waals surface area contributed by atoms with Crippen LogP contribution in [0.25, 0.3) is 0 Å². The summed E-state index contributed by atoms with van der Waals surface area (Å²) in [5.41, 5.74) is -0.985. The van der Waals surface area contributed by atoms with E-state index in [9.17, 15) is 9.90 Å².